The first-order valence-electron chi connectivity index (χ1n) is 7.31. The zero-order valence-electron chi connectivity index (χ0n) is 11.6. The Labute approximate surface area is 109 Å². The molecule has 4 fully saturated rings. The van der Waals surface area contributed by atoms with Crippen LogP contribution < -0.4 is 0 Å². The molecular weight excluding hydrogens is 228 g/mol. The first-order valence-corrected chi connectivity index (χ1v) is 7.31. The fraction of sp³-hybridized carbons (Fsp3) is 0.933. The summed E-state index contributed by atoms with van der Waals surface area (Å²) in [4.78, 5) is 11.3. The van der Waals surface area contributed by atoms with Crippen molar-refractivity contribution in [3.63, 3.8) is 0 Å². The predicted molar refractivity (Wildman–Crippen MR) is 68.0 cm³/mol. The molecule has 2 heterocycles. The van der Waals surface area contributed by atoms with Gasteiger partial charge >= 0.3 is 5.97 Å². The van der Waals surface area contributed by atoms with Crippen LogP contribution in [0.5, 0.6) is 0 Å². The summed E-state index contributed by atoms with van der Waals surface area (Å²) in [7, 11) is 0. The molecule has 0 aromatic carbocycles. The maximum atomic E-state index is 11.3. The minimum Gasteiger partial charge on any atom is -0.462 e. The molecule has 2 saturated heterocycles. The molecule has 2 bridgehead atoms. The van der Waals surface area contributed by atoms with Crippen LogP contribution in [0.4, 0.5) is 0 Å². The molecule has 2 aliphatic carbocycles. The SMILES string of the molecule is CC(=O)O[C@@H]1C[C@@H](C)[C@H]2C[C@H]3CC[C@](C)(OC3)[C@@H]21. The van der Waals surface area contributed by atoms with Gasteiger partial charge in [0.15, 0.2) is 0 Å². The van der Waals surface area contributed by atoms with Crippen molar-refractivity contribution in [1.82, 2.24) is 0 Å². The van der Waals surface area contributed by atoms with Crippen LogP contribution in [0.15, 0.2) is 0 Å². The van der Waals surface area contributed by atoms with Gasteiger partial charge in [0.25, 0.3) is 0 Å². The number of hydrogen-bond donors (Lipinski definition) is 0. The number of esters is 1. The second-order valence-corrected chi connectivity index (χ2v) is 6.81. The molecule has 4 rings (SSSR count). The van der Waals surface area contributed by atoms with E-state index in [4.69, 9.17) is 9.47 Å². The molecule has 2 saturated carbocycles. The molecular formula is C15H24O3. The van der Waals surface area contributed by atoms with Crippen molar-refractivity contribution >= 4 is 5.97 Å². The highest BCUT2D eigenvalue weighted by atomic mass is 16.5. The Morgan fingerprint density at radius 2 is 2.17 bits per heavy atom. The summed E-state index contributed by atoms with van der Waals surface area (Å²) in [6.07, 6.45) is 4.76. The van der Waals surface area contributed by atoms with Gasteiger partial charge in [0, 0.05) is 12.8 Å². The molecule has 0 aromatic heterocycles. The van der Waals surface area contributed by atoms with Crippen LogP contribution in [0.3, 0.4) is 0 Å². The smallest absolute Gasteiger partial charge is 0.302 e. The van der Waals surface area contributed by atoms with E-state index in [1.165, 1.54) is 19.8 Å². The van der Waals surface area contributed by atoms with Gasteiger partial charge in [-0.15, -0.1) is 0 Å². The van der Waals surface area contributed by atoms with Crippen molar-refractivity contribution in [3.8, 4) is 0 Å². The van der Waals surface area contributed by atoms with Crippen LogP contribution in [0.25, 0.3) is 0 Å². The van der Waals surface area contributed by atoms with Crippen molar-refractivity contribution in [2.45, 2.75) is 58.2 Å². The molecule has 0 aromatic rings. The zero-order chi connectivity index (χ0) is 12.9. The topological polar surface area (TPSA) is 35.5 Å². The highest BCUT2D eigenvalue weighted by molar-refractivity contribution is 5.66. The summed E-state index contributed by atoms with van der Waals surface area (Å²) in [6.45, 7) is 6.98. The van der Waals surface area contributed by atoms with Gasteiger partial charge in [-0.2, -0.15) is 0 Å². The van der Waals surface area contributed by atoms with E-state index < -0.39 is 0 Å². The van der Waals surface area contributed by atoms with E-state index in [2.05, 4.69) is 13.8 Å². The summed E-state index contributed by atoms with van der Waals surface area (Å²) in [5.74, 6) is 2.32. The van der Waals surface area contributed by atoms with E-state index in [9.17, 15) is 4.79 Å². The van der Waals surface area contributed by atoms with Crippen LogP contribution in [0.1, 0.15) is 46.5 Å². The first kappa shape index (κ1) is 12.5. The van der Waals surface area contributed by atoms with Crippen LogP contribution in [0, 0.1) is 23.7 Å². The number of carbonyl (C=O) groups excluding carboxylic acids is 1. The van der Waals surface area contributed by atoms with Gasteiger partial charge in [0.1, 0.15) is 6.10 Å². The minimum atomic E-state index is -0.143. The van der Waals surface area contributed by atoms with E-state index in [0.717, 1.165) is 25.4 Å². The molecule has 2 aliphatic heterocycles. The van der Waals surface area contributed by atoms with E-state index in [-0.39, 0.29) is 17.7 Å². The van der Waals surface area contributed by atoms with E-state index in [0.29, 0.717) is 17.8 Å². The predicted octanol–water partition coefficient (Wildman–Crippen LogP) is 2.78. The Balaban J connectivity index is 1.90. The molecule has 3 heteroatoms. The Bertz CT molecular complexity index is 344. The fourth-order valence-electron chi connectivity index (χ4n) is 4.67. The van der Waals surface area contributed by atoms with Crippen LogP contribution in [-0.2, 0) is 14.3 Å². The van der Waals surface area contributed by atoms with Crippen LogP contribution >= 0.6 is 0 Å². The number of hydrogen-bond acceptors (Lipinski definition) is 3. The lowest BCUT2D eigenvalue weighted by atomic mass is 9.77. The van der Waals surface area contributed by atoms with E-state index in [1.807, 2.05) is 0 Å². The average Bonchev–Trinajstić information content (AvgIpc) is 2.46. The van der Waals surface area contributed by atoms with Crippen LogP contribution in [-0.4, -0.2) is 24.3 Å². The Morgan fingerprint density at radius 3 is 2.78 bits per heavy atom. The molecule has 0 amide bonds. The van der Waals surface area contributed by atoms with Gasteiger partial charge in [0.05, 0.1) is 12.2 Å². The summed E-state index contributed by atoms with van der Waals surface area (Å²) in [5, 5.41) is 0. The third-order valence-corrected chi connectivity index (χ3v) is 5.52. The molecule has 0 unspecified atom stereocenters. The number of fused-ring (bicyclic) bond motifs is 2. The normalized spacial score (nSPS) is 50.7. The summed E-state index contributed by atoms with van der Waals surface area (Å²) < 4.78 is 11.8. The van der Waals surface area contributed by atoms with Crippen molar-refractivity contribution in [2.75, 3.05) is 6.61 Å². The molecule has 0 radical (unpaired) electrons. The lowest BCUT2D eigenvalue weighted by molar-refractivity contribution is -0.162. The first-order chi connectivity index (χ1) is 8.49. The van der Waals surface area contributed by atoms with Gasteiger partial charge in [-0.3, -0.25) is 4.79 Å². The maximum absolute atomic E-state index is 11.3. The van der Waals surface area contributed by atoms with Gasteiger partial charge in [-0.05, 0) is 50.4 Å². The zero-order valence-corrected chi connectivity index (χ0v) is 11.6. The third kappa shape index (κ3) is 1.87. The van der Waals surface area contributed by atoms with Gasteiger partial charge in [0.2, 0.25) is 0 Å². The number of rotatable bonds is 1. The second-order valence-electron chi connectivity index (χ2n) is 6.81. The quantitative estimate of drug-likeness (QED) is 0.673. The van der Waals surface area contributed by atoms with E-state index >= 15 is 0 Å². The maximum Gasteiger partial charge on any atom is 0.302 e. The highest BCUT2D eigenvalue weighted by Crippen LogP contribution is 2.55. The summed E-state index contributed by atoms with van der Waals surface area (Å²) in [6, 6.07) is 0. The largest absolute Gasteiger partial charge is 0.462 e. The standard InChI is InChI=1S/C15H24O3/c1-9-6-13(18-10(2)16)14-12(9)7-11-4-5-15(14,3)17-8-11/h9,11-14H,4-8H2,1-3H3/t9-,11-,12-,13-,14+,15+/m1/s1. The van der Waals surface area contributed by atoms with Crippen molar-refractivity contribution in [3.05, 3.63) is 0 Å². The highest BCUT2D eigenvalue weighted by Gasteiger charge is 2.56. The fourth-order valence-corrected chi connectivity index (χ4v) is 4.67. The van der Waals surface area contributed by atoms with Crippen molar-refractivity contribution in [1.29, 1.82) is 0 Å². The second kappa shape index (κ2) is 4.22. The summed E-state index contributed by atoms with van der Waals surface area (Å²) >= 11 is 0. The molecule has 3 nitrogen and oxygen atoms in total. The van der Waals surface area contributed by atoms with Gasteiger partial charge in [-0.25, -0.2) is 0 Å². The lowest BCUT2D eigenvalue weighted by Crippen LogP contribution is -2.46. The van der Waals surface area contributed by atoms with Crippen LogP contribution in [0.2, 0.25) is 0 Å². The Kier molecular flexibility index (Phi) is 2.92. The average molecular weight is 252 g/mol. The molecule has 0 N–H and O–H groups in total. The number of carbonyl (C=O) groups is 1. The molecule has 18 heavy (non-hydrogen) atoms. The lowest BCUT2D eigenvalue weighted by Gasteiger charge is -2.41. The number of ether oxygens (including phenoxy) is 2. The minimum absolute atomic E-state index is 0.0669. The van der Waals surface area contributed by atoms with Crippen molar-refractivity contribution in [2.24, 2.45) is 23.7 Å². The summed E-state index contributed by atoms with van der Waals surface area (Å²) in [5.41, 5.74) is -0.0669. The van der Waals surface area contributed by atoms with E-state index in [1.54, 1.807) is 0 Å². The third-order valence-electron chi connectivity index (χ3n) is 5.52. The van der Waals surface area contributed by atoms with Gasteiger partial charge < -0.3 is 9.47 Å². The molecule has 0 spiro atoms. The van der Waals surface area contributed by atoms with Crippen molar-refractivity contribution < 1.29 is 14.3 Å². The monoisotopic (exact) mass is 252 g/mol. The van der Waals surface area contributed by atoms with Gasteiger partial charge in [-0.1, -0.05) is 6.92 Å². The molecule has 4 aliphatic rings. The molecule has 6 atom stereocenters. The molecule has 102 valence electrons. The Hall–Kier alpha value is -0.570. The Morgan fingerprint density at radius 1 is 1.39 bits per heavy atom.